The van der Waals surface area contributed by atoms with Gasteiger partial charge in [0.05, 0.1) is 55.2 Å². The number of aryl methyl sites for hydroxylation is 4. The van der Waals surface area contributed by atoms with Crippen LogP contribution in [0.3, 0.4) is 0 Å². The van der Waals surface area contributed by atoms with Gasteiger partial charge in [0.2, 0.25) is 11.6 Å². The van der Waals surface area contributed by atoms with Crippen LogP contribution in [-0.2, 0) is 0 Å². The molecular formula is C48H32N6. The first-order valence-electron chi connectivity index (χ1n) is 18.7. The summed E-state index contributed by atoms with van der Waals surface area (Å²) < 4.78 is 9.73. The predicted octanol–water partition coefficient (Wildman–Crippen LogP) is 11.8. The van der Waals surface area contributed by atoms with Gasteiger partial charge in [-0.3, -0.25) is 17.6 Å². The Labute approximate surface area is 308 Å². The molecule has 0 saturated heterocycles. The molecular weight excluding hydrogens is 661 g/mol. The Balaban J connectivity index is 1.33. The van der Waals surface area contributed by atoms with Crippen molar-refractivity contribution in [3.63, 3.8) is 0 Å². The Morgan fingerprint density at radius 2 is 0.741 bits per heavy atom. The first-order valence-corrected chi connectivity index (χ1v) is 18.7. The van der Waals surface area contributed by atoms with Crippen molar-refractivity contribution >= 4 is 88.3 Å². The normalized spacial score (nSPS) is 12.8. The number of imidazole rings is 4. The first-order chi connectivity index (χ1) is 26.5. The van der Waals surface area contributed by atoms with Crippen LogP contribution < -0.4 is 0 Å². The van der Waals surface area contributed by atoms with E-state index in [0.29, 0.717) is 0 Å². The maximum absolute atomic E-state index is 5.39. The molecule has 0 amide bonds. The quantitative estimate of drug-likeness (QED) is 0.181. The van der Waals surface area contributed by atoms with E-state index in [1.54, 1.807) is 0 Å². The zero-order valence-electron chi connectivity index (χ0n) is 30.2. The molecule has 13 rings (SSSR count). The lowest BCUT2D eigenvalue weighted by Crippen LogP contribution is -1.90. The molecule has 54 heavy (non-hydrogen) atoms. The van der Waals surface area contributed by atoms with Gasteiger partial charge in [-0.05, 0) is 109 Å². The summed E-state index contributed by atoms with van der Waals surface area (Å²) in [6.07, 6.45) is 0. The average molecular weight is 693 g/mol. The molecule has 7 aromatic carbocycles. The molecule has 0 aliphatic carbocycles. The van der Waals surface area contributed by atoms with Gasteiger partial charge in [0, 0.05) is 21.5 Å². The van der Waals surface area contributed by atoms with Crippen molar-refractivity contribution in [1.29, 1.82) is 0 Å². The molecule has 6 heterocycles. The number of hydrogen-bond donors (Lipinski definition) is 0. The van der Waals surface area contributed by atoms with Gasteiger partial charge in [-0.1, -0.05) is 84.9 Å². The minimum absolute atomic E-state index is 0.938. The van der Waals surface area contributed by atoms with E-state index in [2.05, 4.69) is 167 Å². The summed E-state index contributed by atoms with van der Waals surface area (Å²) in [5.41, 5.74) is 21.4. The fraction of sp³-hybridized carbons (Fsp3) is 0.0833. The van der Waals surface area contributed by atoms with Crippen LogP contribution in [0.4, 0.5) is 0 Å². The average Bonchev–Trinajstić information content (AvgIpc) is 3.99. The second kappa shape index (κ2) is 9.54. The van der Waals surface area contributed by atoms with Gasteiger partial charge in [0.1, 0.15) is 0 Å². The van der Waals surface area contributed by atoms with Crippen molar-refractivity contribution in [3.05, 3.63) is 144 Å². The molecule has 6 heteroatoms. The number of fused-ring (bicyclic) bond motifs is 18. The smallest absolute Gasteiger partial charge is 0.220 e. The number of nitrogens with zero attached hydrogens (tertiary/aromatic N) is 6. The minimum Gasteiger partial charge on any atom is -0.277 e. The van der Waals surface area contributed by atoms with Crippen LogP contribution in [0.1, 0.15) is 22.3 Å². The molecule has 0 N–H and O–H groups in total. The summed E-state index contributed by atoms with van der Waals surface area (Å²) in [6, 6.07) is 44.4. The minimum atomic E-state index is 0.938. The van der Waals surface area contributed by atoms with Gasteiger partial charge in [-0.25, -0.2) is 9.97 Å². The van der Waals surface area contributed by atoms with E-state index in [-0.39, 0.29) is 0 Å². The molecule has 0 fully saturated rings. The molecule has 254 valence electrons. The van der Waals surface area contributed by atoms with Crippen molar-refractivity contribution < 1.29 is 0 Å². The van der Waals surface area contributed by atoms with Gasteiger partial charge in [0.25, 0.3) is 0 Å². The monoisotopic (exact) mass is 692 g/mol. The SMILES string of the molecule is Cc1cccc(C)c1-c1ccc2c3c4c5c(c6ccc(-c7c(C)cccc7C)cc6n5c5nc6ccccc6n45)c4c3n(c2c1)c1nc2ccccc2n41. The van der Waals surface area contributed by atoms with Gasteiger partial charge >= 0.3 is 0 Å². The van der Waals surface area contributed by atoms with Crippen LogP contribution in [0.15, 0.2) is 121 Å². The van der Waals surface area contributed by atoms with E-state index in [9.17, 15) is 0 Å². The summed E-state index contributed by atoms with van der Waals surface area (Å²) in [5, 5.41) is 4.90. The number of hydrogen-bond acceptors (Lipinski definition) is 2. The second-order valence-electron chi connectivity index (χ2n) is 15.3. The standard InChI is InChI=1S/C48H32N6/c1-25-11-9-12-26(2)39(25)29-19-21-31-37(23-29)53-45-41(31)43-46-42(44(45)51-35-17-7-5-15-33(35)49-47(51)53)32-22-20-30(40-27(3)13-10-14-28(40)4)24-38(32)54(46)48-50-34-16-6-8-18-36(34)52(43)48/h5-24H,1-4H3. The lowest BCUT2D eigenvalue weighted by atomic mass is 9.94. The van der Waals surface area contributed by atoms with Crippen molar-refractivity contribution in [3.8, 4) is 22.3 Å². The summed E-state index contributed by atoms with van der Waals surface area (Å²) in [5.74, 6) is 1.88. The van der Waals surface area contributed by atoms with Crippen LogP contribution in [0.25, 0.3) is 111 Å². The van der Waals surface area contributed by atoms with E-state index < -0.39 is 0 Å². The number of para-hydroxylation sites is 4. The third kappa shape index (κ3) is 3.21. The maximum atomic E-state index is 5.39. The lowest BCUT2D eigenvalue weighted by Gasteiger charge is -2.10. The zero-order chi connectivity index (χ0) is 35.7. The van der Waals surface area contributed by atoms with Crippen LogP contribution >= 0.6 is 0 Å². The second-order valence-corrected chi connectivity index (χ2v) is 15.3. The fourth-order valence-corrected chi connectivity index (χ4v) is 10.2. The molecule has 0 aliphatic heterocycles. The number of aromatic nitrogens is 6. The van der Waals surface area contributed by atoms with Crippen molar-refractivity contribution in [2.75, 3.05) is 0 Å². The fourth-order valence-electron chi connectivity index (χ4n) is 10.2. The molecule has 0 radical (unpaired) electrons. The first kappa shape index (κ1) is 28.6. The highest BCUT2D eigenvalue weighted by molar-refractivity contribution is 6.37. The van der Waals surface area contributed by atoms with E-state index in [4.69, 9.17) is 9.97 Å². The lowest BCUT2D eigenvalue weighted by molar-refractivity contribution is 1.21. The molecule has 0 spiro atoms. The molecule has 0 bridgehead atoms. The molecule has 13 aromatic rings. The van der Waals surface area contributed by atoms with E-state index in [1.165, 1.54) is 88.1 Å². The molecule has 6 aromatic heterocycles. The Hall–Kier alpha value is -6.92. The third-order valence-electron chi connectivity index (χ3n) is 12.3. The molecule has 0 atom stereocenters. The Bertz CT molecular complexity index is 3480. The highest BCUT2D eigenvalue weighted by atomic mass is 15.2. The zero-order valence-corrected chi connectivity index (χ0v) is 30.2. The Morgan fingerprint density at radius 3 is 1.15 bits per heavy atom. The van der Waals surface area contributed by atoms with Crippen LogP contribution in [-0.4, -0.2) is 27.6 Å². The third-order valence-corrected chi connectivity index (χ3v) is 12.3. The molecule has 0 aliphatic rings. The van der Waals surface area contributed by atoms with Gasteiger partial charge in [-0.15, -0.1) is 0 Å². The van der Waals surface area contributed by atoms with Crippen molar-refractivity contribution in [2.24, 2.45) is 0 Å². The van der Waals surface area contributed by atoms with Gasteiger partial charge < -0.3 is 0 Å². The summed E-state index contributed by atoms with van der Waals surface area (Å²) in [7, 11) is 0. The molecule has 0 saturated carbocycles. The van der Waals surface area contributed by atoms with Gasteiger partial charge in [0.15, 0.2) is 0 Å². The highest BCUT2D eigenvalue weighted by Gasteiger charge is 2.32. The molecule has 6 nitrogen and oxygen atoms in total. The van der Waals surface area contributed by atoms with Gasteiger partial charge in [-0.2, -0.15) is 0 Å². The Kier molecular flexibility index (Phi) is 5.06. The van der Waals surface area contributed by atoms with Crippen LogP contribution in [0.5, 0.6) is 0 Å². The summed E-state index contributed by atoms with van der Waals surface area (Å²) in [4.78, 5) is 10.8. The largest absolute Gasteiger partial charge is 0.277 e. The summed E-state index contributed by atoms with van der Waals surface area (Å²) >= 11 is 0. The van der Waals surface area contributed by atoms with E-state index in [1.807, 2.05) is 0 Å². The number of benzene rings is 7. The number of rotatable bonds is 2. The highest BCUT2D eigenvalue weighted by Crippen LogP contribution is 2.50. The Morgan fingerprint density at radius 1 is 0.370 bits per heavy atom. The van der Waals surface area contributed by atoms with Crippen molar-refractivity contribution in [2.45, 2.75) is 27.7 Å². The maximum Gasteiger partial charge on any atom is 0.220 e. The van der Waals surface area contributed by atoms with Crippen LogP contribution in [0.2, 0.25) is 0 Å². The topological polar surface area (TPSA) is 43.4 Å². The summed E-state index contributed by atoms with van der Waals surface area (Å²) in [6.45, 7) is 8.86. The molecule has 0 unspecified atom stereocenters. The van der Waals surface area contributed by atoms with E-state index >= 15 is 0 Å². The van der Waals surface area contributed by atoms with Crippen molar-refractivity contribution in [1.82, 2.24) is 27.6 Å². The van der Waals surface area contributed by atoms with E-state index in [0.717, 1.165) is 44.7 Å². The predicted molar refractivity (Wildman–Crippen MR) is 223 cm³/mol. The van der Waals surface area contributed by atoms with Crippen LogP contribution in [0, 0.1) is 27.7 Å².